The highest BCUT2D eigenvalue weighted by Crippen LogP contribution is 2.30. The van der Waals surface area contributed by atoms with Crippen molar-refractivity contribution in [2.75, 3.05) is 16.8 Å². The molecule has 0 spiro atoms. The summed E-state index contributed by atoms with van der Waals surface area (Å²) in [5.74, 6) is -0.471. The van der Waals surface area contributed by atoms with Gasteiger partial charge in [-0.3, -0.25) is 9.59 Å². The predicted octanol–water partition coefficient (Wildman–Crippen LogP) is 3.32. The molecule has 0 fully saturated rings. The zero-order valence-corrected chi connectivity index (χ0v) is 12.9. The van der Waals surface area contributed by atoms with Crippen LogP contribution >= 0.6 is 0 Å². The molecule has 1 heterocycles. The molecule has 23 heavy (non-hydrogen) atoms. The molecule has 0 aliphatic carbocycles. The Hall–Kier alpha value is -2.88. The molecule has 1 aliphatic heterocycles. The molecule has 4 nitrogen and oxygen atoms in total. The third-order valence-electron chi connectivity index (χ3n) is 3.84. The number of hydrogen-bond donors (Lipinski definition) is 1. The standard InChI is InChI=1S/C19H18N2O2/c1-14-13-21(17-10-6-5-9-16(17)20-19(14)23)18(22)12-11-15-7-3-2-4-8-15/h2-12,14H,13H2,1H3,(H,20,23). The van der Waals surface area contributed by atoms with Gasteiger partial charge in [-0.25, -0.2) is 0 Å². The first kappa shape index (κ1) is 15.0. The Morgan fingerprint density at radius 3 is 2.61 bits per heavy atom. The Kier molecular flexibility index (Phi) is 4.24. The lowest BCUT2D eigenvalue weighted by Gasteiger charge is -2.22. The van der Waals surface area contributed by atoms with Gasteiger partial charge < -0.3 is 10.2 Å². The summed E-state index contributed by atoms with van der Waals surface area (Å²) in [6.45, 7) is 2.18. The van der Waals surface area contributed by atoms with Crippen LogP contribution in [0.2, 0.25) is 0 Å². The second kappa shape index (κ2) is 6.48. The largest absolute Gasteiger partial charge is 0.324 e. The lowest BCUT2D eigenvalue weighted by molar-refractivity contribution is -0.119. The number of hydrogen-bond acceptors (Lipinski definition) is 2. The number of nitrogens with zero attached hydrogens (tertiary/aromatic N) is 1. The highest BCUT2D eigenvalue weighted by Gasteiger charge is 2.27. The minimum Gasteiger partial charge on any atom is -0.324 e. The van der Waals surface area contributed by atoms with Crippen LogP contribution < -0.4 is 10.2 Å². The maximum absolute atomic E-state index is 12.6. The molecule has 2 aromatic carbocycles. The summed E-state index contributed by atoms with van der Waals surface area (Å²) in [6.07, 6.45) is 3.34. The number of fused-ring (bicyclic) bond motifs is 1. The highest BCUT2D eigenvalue weighted by molar-refractivity contribution is 6.09. The summed E-state index contributed by atoms with van der Waals surface area (Å²) >= 11 is 0. The number of carbonyl (C=O) groups excluding carboxylic acids is 2. The van der Waals surface area contributed by atoms with Crippen LogP contribution in [0.1, 0.15) is 12.5 Å². The van der Waals surface area contributed by atoms with Gasteiger partial charge in [0.2, 0.25) is 5.91 Å². The zero-order valence-electron chi connectivity index (χ0n) is 12.9. The van der Waals surface area contributed by atoms with Crippen LogP contribution in [0.3, 0.4) is 0 Å². The van der Waals surface area contributed by atoms with E-state index >= 15 is 0 Å². The zero-order chi connectivity index (χ0) is 16.2. The molecular weight excluding hydrogens is 288 g/mol. The van der Waals surface area contributed by atoms with E-state index in [0.717, 1.165) is 11.3 Å². The van der Waals surface area contributed by atoms with Crippen LogP contribution in [0.15, 0.2) is 60.7 Å². The van der Waals surface area contributed by atoms with Gasteiger partial charge in [0.05, 0.1) is 17.3 Å². The fourth-order valence-electron chi connectivity index (χ4n) is 2.56. The molecule has 4 heteroatoms. The van der Waals surface area contributed by atoms with E-state index < -0.39 is 0 Å². The average molecular weight is 306 g/mol. The SMILES string of the molecule is CC1CN(C(=O)C=Cc2ccccc2)c2ccccc2NC1=O. The Morgan fingerprint density at radius 1 is 1.13 bits per heavy atom. The number of rotatable bonds is 2. The van der Waals surface area contributed by atoms with E-state index in [9.17, 15) is 9.59 Å². The number of para-hydroxylation sites is 2. The van der Waals surface area contributed by atoms with Crippen LogP contribution in [0, 0.1) is 5.92 Å². The van der Waals surface area contributed by atoms with E-state index in [1.165, 1.54) is 0 Å². The van der Waals surface area contributed by atoms with E-state index in [2.05, 4.69) is 5.32 Å². The summed E-state index contributed by atoms with van der Waals surface area (Å²) in [4.78, 5) is 26.3. The normalized spacial score (nSPS) is 17.5. The average Bonchev–Trinajstić information content (AvgIpc) is 2.71. The molecule has 0 saturated carbocycles. The van der Waals surface area contributed by atoms with Gasteiger partial charge in [-0.05, 0) is 23.8 Å². The number of anilines is 2. The molecule has 2 amide bonds. The number of carbonyl (C=O) groups is 2. The smallest absolute Gasteiger partial charge is 0.251 e. The van der Waals surface area contributed by atoms with Crippen LogP contribution in [0.5, 0.6) is 0 Å². The van der Waals surface area contributed by atoms with Crippen molar-refractivity contribution in [2.45, 2.75) is 6.92 Å². The van der Waals surface area contributed by atoms with Gasteiger partial charge >= 0.3 is 0 Å². The Morgan fingerprint density at radius 2 is 1.83 bits per heavy atom. The van der Waals surface area contributed by atoms with Gasteiger partial charge in [0.25, 0.3) is 5.91 Å². The van der Waals surface area contributed by atoms with Gasteiger partial charge in [-0.2, -0.15) is 0 Å². The molecule has 0 aromatic heterocycles. The third kappa shape index (κ3) is 3.31. The molecule has 0 saturated heterocycles. The number of nitrogens with one attached hydrogen (secondary N) is 1. The molecule has 1 N–H and O–H groups in total. The van der Waals surface area contributed by atoms with Crippen LogP contribution in [0.25, 0.3) is 6.08 Å². The monoisotopic (exact) mass is 306 g/mol. The van der Waals surface area contributed by atoms with E-state index in [-0.39, 0.29) is 17.7 Å². The van der Waals surface area contributed by atoms with Crippen molar-refractivity contribution in [1.29, 1.82) is 0 Å². The minimum absolute atomic E-state index is 0.0696. The lowest BCUT2D eigenvalue weighted by atomic mass is 10.1. The lowest BCUT2D eigenvalue weighted by Crippen LogP contribution is -2.34. The van der Waals surface area contributed by atoms with E-state index in [0.29, 0.717) is 12.2 Å². The molecular formula is C19H18N2O2. The van der Waals surface area contributed by atoms with Crippen molar-refractivity contribution in [1.82, 2.24) is 0 Å². The first-order valence-corrected chi connectivity index (χ1v) is 7.59. The fraction of sp³-hybridized carbons (Fsp3) is 0.158. The van der Waals surface area contributed by atoms with Gasteiger partial charge in [0.15, 0.2) is 0 Å². The van der Waals surface area contributed by atoms with E-state index in [1.54, 1.807) is 17.1 Å². The maximum Gasteiger partial charge on any atom is 0.251 e. The maximum atomic E-state index is 12.6. The molecule has 1 atom stereocenters. The van der Waals surface area contributed by atoms with E-state index in [1.807, 2.05) is 61.5 Å². The first-order valence-electron chi connectivity index (χ1n) is 7.59. The molecule has 116 valence electrons. The quantitative estimate of drug-likeness (QED) is 0.865. The molecule has 0 bridgehead atoms. The van der Waals surface area contributed by atoms with Crippen LogP contribution in [-0.4, -0.2) is 18.4 Å². The molecule has 0 radical (unpaired) electrons. The van der Waals surface area contributed by atoms with Crippen LogP contribution in [0.4, 0.5) is 11.4 Å². The second-order valence-corrected chi connectivity index (χ2v) is 5.60. The topological polar surface area (TPSA) is 49.4 Å². The van der Waals surface area contributed by atoms with Crippen LogP contribution in [-0.2, 0) is 9.59 Å². The Bertz CT molecular complexity index is 753. The van der Waals surface area contributed by atoms with Crippen molar-refractivity contribution in [3.8, 4) is 0 Å². The summed E-state index contributed by atoms with van der Waals surface area (Å²) in [7, 11) is 0. The van der Waals surface area contributed by atoms with Crippen molar-refractivity contribution >= 4 is 29.3 Å². The van der Waals surface area contributed by atoms with Crippen molar-refractivity contribution in [2.24, 2.45) is 5.92 Å². The Balaban J connectivity index is 1.90. The number of amides is 2. The van der Waals surface area contributed by atoms with Gasteiger partial charge in [0.1, 0.15) is 0 Å². The van der Waals surface area contributed by atoms with Crippen molar-refractivity contribution < 1.29 is 9.59 Å². The summed E-state index contributed by atoms with van der Waals surface area (Å²) in [6, 6.07) is 17.0. The summed E-state index contributed by atoms with van der Waals surface area (Å²) < 4.78 is 0. The van der Waals surface area contributed by atoms with Crippen molar-refractivity contribution in [3.05, 3.63) is 66.2 Å². The van der Waals surface area contributed by atoms with Gasteiger partial charge in [0, 0.05) is 12.6 Å². The molecule has 3 rings (SSSR count). The fourth-order valence-corrected chi connectivity index (χ4v) is 2.56. The first-order chi connectivity index (χ1) is 11.1. The molecule has 1 unspecified atom stereocenters. The van der Waals surface area contributed by atoms with Gasteiger partial charge in [-0.1, -0.05) is 49.4 Å². The number of benzene rings is 2. The summed E-state index contributed by atoms with van der Waals surface area (Å²) in [5.41, 5.74) is 2.36. The Labute approximate surface area is 135 Å². The second-order valence-electron chi connectivity index (χ2n) is 5.60. The highest BCUT2D eigenvalue weighted by atomic mass is 16.2. The predicted molar refractivity (Wildman–Crippen MR) is 92.1 cm³/mol. The minimum atomic E-state index is -0.267. The van der Waals surface area contributed by atoms with E-state index in [4.69, 9.17) is 0 Å². The molecule has 1 aliphatic rings. The summed E-state index contributed by atoms with van der Waals surface area (Å²) in [5, 5.41) is 2.87. The molecule has 2 aromatic rings. The van der Waals surface area contributed by atoms with Crippen molar-refractivity contribution in [3.63, 3.8) is 0 Å². The van der Waals surface area contributed by atoms with Gasteiger partial charge in [-0.15, -0.1) is 0 Å². The third-order valence-corrected chi connectivity index (χ3v) is 3.84.